The summed E-state index contributed by atoms with van der Waals surface area (Å²) in [5.41, 5.74) is 1.42. The third kappa shape index (κ3) is 7.05. The molecule has 1 aromatic heterocycles. The molecule has 10 heteroatoms. The fourth-order valence-electron chi connectivity index (χ4n) is 4.06. The van der Waals surface area contributed by atoms with E-state index in [1.807, 2.05) is 18.1 Å². The first-order valence-corrected chi connectivity index (χ1v) is 14.5. The molecule has 0 unspecified atom stereocenters. The smallest absolute Gasteiger partial charge is 0.239 e. The lowest BCUT2D eigenvalue weighted by Gasteiger charge is -2.32. The van der Waals surface area contributed by atoms with Crippen molar-refractivity contribution < 1.29 is 18.0 Å². The van der Waals surface area contributed by atoms with E-state index in [4.69, 9.17) is 0 Å². The molecular weight excluding hydrogens is 484 g/mol. The van der Waals surface area contributed by atoms with Gasteiger partial charge in [-0.1, -0.05) is 43.7 Å². The van der Waals surface area contributed by atoms with E-state index >= 15 is 0 Å². The van der Waals surface area contributed by atoms with E-state index in [9.17, 15) is 23.3 Å². The van der Waals surface area contributed by atoms with Crippen LogP contribution in [0.5, 0.6) is 0 Å². The van der Waals surface area contributed by atoms with Crippen molar-refractivity contribution in [2.24, 2.45) is 5.92 Å². The molecule has 1 aliphatic rings. The molecule has 0 aliphatic carbocycles. The van der Waals surface area contributed by atoms with Gasteiger partial charge in [-0.15, -0.1) is 11.8 Å². The van der Waals surface area contributed by atoms with Crippen molar-refractivity contribution in [3.63, 3.8) is 0 Å². The predicted octanol–water partition coefficient (Wildman–Crippen LogP) is 3.91. The Morgan fingerprint density at radius 2 is 1.91 bits per heavy atom. The molecule has 0 atom stereocenters. The normalized spacial score (nSPS) is 14.4. The number of ketones is 1. The maximum Gasteiger partial charge on any atom is 0.239 e. The third-order valence-corrected chi connectivity index (χ3v) is 7.88. The molecule has 3 rings (SSSR count). The number of hydrogen-bond donors (Lipinski definition) is 1. The summed E-state index contributed by atoms with van der Waals surface area (Å²) in [5.74, 6) is -0.722. The summed E-state index contributed by atoms with van der Waals surface area (Å²) in [6.45, 7) is 2.93. The molecule has 35 heavy (non-hydrogen) atoms. The summed E-state index contributed by atoms with van der Waals surface area (Å²) in [5, 5.41) is 10.3. The second-order valence-electron chi connectivity index (χ2n) is 8.53. The lowest BCUT2D eigenvalue weighted by atomic mass is 9.96. The van der Waals surface area contributed by atoms with Gasteiger partial charge in [-0.2, -0.15) is 5.26 Å². The van der Waals surface area contributed by atoms with Crippen molar-refractivity contribution in [3.8, 4) is 6.07 Å². The summed E-state index contributed by atoms with van der Waals surface area (Å²) in [6.07, 6.45) is 4.83. The van der Waals surface area contributed by atoms with Gasteiger partial charge in [-0.05, 0) is 37.1 Å². The second-order valence-corrected chi connectivity index (χ2v) is 11.0. The average molecular weight is 515 g/mol. The van der Waals surface area contributed by atoms with Crippen molar-refractivity contribution in [1.29, 1.82) is 5.26 Å². The maximum absolute atomic E-state index is 12.7. The Kier molecular flexibility index (Phi) is 9.29. The number of unbranched alkanes of at least 4 members (excludes halogenated alkanes) is 1. The summed E-state index contributed by atoms with van der Waals surface area (Å²) in [7, 11) is -3.79. The predicted molar refractivity (Wildman–Crippen MR) is 137 cm³/mol. The van der Waals surface area contributed by atoms with Gasteiger partial charge in [0.05, 0.1) is 16.9 Å². The lowest BCUT2D eigenvalue weighted by molar-refractivity contribution is -0.123. The molecule has 1 fully saturated rings. The Balaban J connectivity index is 1.67. The molecule has 1 saturated heterocycles. The van der Waals surface area contributed by atoms with Crippen LogP contribution < -0.4 is 9.62 Å². The van der Waals surface area contributed by atoms with Gasteiger partial charge >= 0.3 is 0 Å². The number of sulfonamides is 1. The number of aromatic nitrogens is 1. The van der Waals surface area contributed by atoms with Crippen LogP contribution >= 0.6 is 11.8 Å². The van der Waals surface area contributed by atoms with Gasteiger partial charge in [0.25, 0.3) is 0 Å². The first kappa shape index (κ1) is 26.7. The Labute approximate surface area is 211 Å². The van der Waals surface area contributed by atoms with E-state index in [2.05, 4.69) is 15.8 Å². The van der Waals surface area contributed by atoms with Crippen LogP contribution in [0.15, 0.2) is 41.4 Å². The number of Topliss-reactive ketones (excluding diaryl/α,β-unsaturated/α-hetero) is 1. The Bertz CT molecular complexity index is 1200. The molecule has 186 valence electrons. The van der Waals surface area contributed by atoms with Crippen molar-refractivity contribution in [2.45, 2.75) is 49.8 Å². The minimum atomic E-state index is -3.79. The minimum absolute atomic E-state index is 0.0150. The van der Waals surface area contributed by atoms with Crippen LogP contribution in [-0.4, -0.2) is 44.4 Å². The van der Waals surface area contributed by atoms with E-state index in [-0.39, 0.29) is 11.5 Å². The molecule has 2 aromatic rings. The number of thioether (sulfide) groups is 1. The lowest BCUT2D eigenvalue weighted by Crippen LogP contribution is -2.43. The summed E-state index contributed by atoms with van der Waals surface area (Å²) in [4.78, 5) is 31.8. The van der Waals surface area contributed by atoms with Gasteiger partial charge in [0.15, 0.2) is 5.78 Å². The summed E-state index contributed by atoms with van der Waals surface area (Å²) in [6, 6.07) is 12.5. The number of benzene rings is 1. The molecule has 0 radical (unpaired) electrons. The van der Waals surface area contributed by atoms with Crippen molar-refractivity contribution in [3.05, 3.63) is 53.1 Å². The number of nitrogens with zero attached hydrogens (tertiary/aromatic N) is 3. The SMILES string of the molecule is CCCCC(=O)c1cc(C#N)c(N2CCC(C(=O)NS(=O)(=O)Cc3ccccc3)CC2)nc1SC. The average Bonchev–Trinajstić information content (AvgIpc) is 2.86. The number of carbonyl (C=O) groups is 2. The van der Waals surface area contributed by atoms with Crippen LogP contribution in [0, 0.1) is 17.2 Å². The van der Waals surface area contributed by atoms with Gasteiger partial charge in [-0.3, -0.25) is 14.3 Å². The van der Waals surface area contributed by atoms with Crippen LogP contribution in [-0.2, 0) is 20.6 Å². The van der Waals surface area contributed by atoms with Crippen molar-refractivity contribution in [2.75, 3.05) is 24.2 Å². The number of rotatable bonds is 10. The first-order valence-electron chi connectivity index (χ1n) is 11.6. The number of nitrogens with one attached hydrogen (secondary N) is 1. The zero-order chi connectivity index (χ0) is 25.4. The Hall–Kier alpha value is -2.90. The van der Waals surface area contributed by atoms with Crippen LogP contribution in [0.3, 0.4) is 0 Å². The van der Waals surface area contributed by atoms with E-state index in [1.165, 1.54) is 11.8 Å². The highest BCUT2D eigenvalue weighted by Crippen LogP contribution is 2.30. The molecule has 8 nitrogen and oxygen atoms in total. The number of anilines is 1. The molecule has 1 aliphatic heterocycles. The minimum Gasteiger partial charge on any atom is -0.355 e. The van der Waals surface area contributed by atoms with Crippen LogP contribution in [0.1, 0.15) is 60.5 Å². The highest BCUT2D eigenvalue weighted by molar-refractivity contribution is 7.98. The van der Waals surface area contributed by atoms with Crippen molar-refractivity contribution in [1.82, 2.24) is 9.71 Å². The monoisotopic (exact) mass is 514 g/mol. The van der Waals surface area contributed by atoms with E-state index in [0.29, 0.717) is 59.9 Å². The standard InChI is InChI=1S/C25H30N4O4S2/c1-3-4-10-22(30)21-15-20(16-26)23(27-25(21)34-2)29-13-11-19(12-14-29)24(31)28-35(32,33)17-18-8-6-5-7-9-18/h5-9,15,19H,3-4,10-14,17H2,1-2H3,(H,28,31). The molecule has 0 spiro atoms. The maximum atomic E-state index is 12.7. The zero-order valence-electron chi connectivity index (χ0n) is 20.0. The molecule has 0 saturated carbocycles. The number of amides is 1. The molecule has 1 aromatic carbocycles. The number of carbonyl (C=O) groups excluding carboxylic acids is 2. The second kappa shape index (κ2) is 12.2. The van der Waals surface area contributed by atoms with E-state index in [0.717, 1.165) is 12.8 Å². The largest absolute Gasteiger partial charge is 0.355 e. The van der Waals surface area contributed by atoms with Gasteiger partial charge in [-0.25, -0.2) is 13.4 Å². The highest BCUT2D eigenvalue weighted by Gasteiger charge is 2.30. The Morgan fingerprint density at radius 1 is 1.23 bits per heavy atom. The fourth-order valence-corrected chi connectivity index (χ4v) is 5.80. The molecule has 2 heterocycles. The molecule has 1 N–H and O–H groups in total. The first-order chi connectivity index (χ1) is 16.8. The molecular formula is C25H30N4O4S2. The number of pyridine rings is 1. The van der Waals surface area contributed by atoms with Crippen LogP contribution in [0.2, 0.25) is 0 Å². The number of nitriles is 1. The molecule has 0 bridgehead atoms. The third-order valence-electron chi connectivity index (χ3n) is 5.96. The quantitative estimate of drug-likeness (QED) is 0.374. The van der Waals surface area contributed by atoms with E-state index in [1.54, 1.807) is 36.4 Å². The van der Waals surface area contributed by atoms with Gasteiger partial charge < -0.3 is 4.90 Å². The topological polar surface area (TPSA) is 120 Å². The van der Waals surface area contributed by atoms with Crippen LogP contribution in [0.25, 0.3) is 0 Å². The number of hydrogen-bond acceptors (Lipinski definition) is 8. The number of piperidine rings is 1. The van der Waals surface area contributed by atoms with Gasteiger partial charge in [0, 0.05) is 25.4 Å². The van der Waals surface area contributed by atoms with Crippen molar-refractivity contribution >= 4 is 39.3 Å². The summed E-state index contributed by atoms with van der Waals surface area (Å²) >= 11 is 1.37. The fraction of sp³-hybridized carbons (Fsp3) is 0.440. The zero-order valence-corrected chi connectivity index (χ0v) is 21.6. The van der Waals surface area contributed by atoms with Gasteiger partial charge in [0.1, 0.15) is 16.9 Å². The summed E-state index contributed by atoms with van der Waals surface area (Å²) < 4.78 is 27.1. The van der Waals surface area contributed by atoms with Crippen LogP contribution in [0.4, 0.5) is 5.82 Å². The molecule has 1 amide bonds. The highest BCUT2D eigenvalue weighted by atomic mass is 32.2. The van der Waals surface area contributed by atoms with E-state index < -0.39 is 21.8 Å². The Morgan fingerprint density at radius 3 is 2.51 bits per heavy atom. The van der Waals surface area contributed by atoms with Gasteiger partial charge in [0.2, 0.25) is 15.9 Å².